The summed E-state index contributed by atoms with van der Waals surface area (Å²) in [4.78, 5) is 15.5. The van der Waals surface area contributed by atoms with E-state index in [1.165, 1.54) is 0 Å². The van der Waals surface area contributed by atoms with Crippen LogP contribution in [0.25, 0.3) is 10.9 Å². The highest BCUT2D eigenvalue weighted by molar-refractivity contribution is 9.11. The molecular weight excluding hydrogens is 396 g/mol. The van der Waals surface area contributed by atoms with Crippen LogP contribution in [-0.4, -0.2) is 10.9 Å². The van der Waals surface area contributed by atoms with Crippen LogP contribution in [0.5, 0.6) is 0 Å². The summed E-state index contributed by atoms with van der Waals surface area (Å²) in [6.07, 6.45) is 1.86. The van der Waals surface area contributed by atoms with E-state index in [0.717, 1.165) is 31.1 Å². The van der Waals surface area contributed by atoms with Crippen molar-refractivity contribution >= 4 is 54.4 Å². The Hall–Kier alpha value is -1.59. The number of halogens is 2. The fraction of sp³-hybridized carbons (Fsp3) is 0.0625. The lowest BCUT2D eigenvalue weighted by Crippen LogP contribution is -2.12. The van der Waals surface area contributed by atoms with E-state index in [1.807, 2.05) is 49.5 Å². The zero-order chi connectivity index (χ0) is 15.0. The number of aromatic amines is 1. The fourth-order valence-electron chi connectivity index (χ4n) is 2.20. The Morgan fingerprint density at radius 1 is 1.10 bits per heavy atom. The number of rotatable bonds is 2. The monoisotopic (exact) mass is 406 g/mol. The average Bonchev–Trinajstić information content (AvgIpc) is 2.89. The molecule has 0 saturated heterocycles. The van der Waals surface area contributed by atoms with Gasteiger partial charge in [-0.3, -0.25) is 4.79 Å². The molecule has 0 saturated carbocycles. The zero-order valence-electron chi connectivity index (χ0n) is 11.2. The molecule has 1 heterocycles. The summed E-state index contributed by atoms with van der Waals surface area (Å²) in [6.45, 7) is 2.00. The number of hydrogen-bond acceptors (Lipinski definition) is 1. The van der Waals surface area contributed by atoms with Gasteiger partial charge in [0.15, 0.2) is 0 Å². The van der Waals surface area contributed by atoms with Gasteiger partial charge >= 0.3 is 0 Å². The first-order valence-electron chi connectivity index (χ1n) is 6.39. The number of aromatic nitrogens is 1. The van der Waals surface area contributed by atoms with Crippen LogP contribution in [-0.2, 0) is 0 Å². The molecule has 0 unspecified atom stereocenters. The molecule has 1 aromatic heterocycles. The molecule has 0 aliphatic rings. The second-order valence-corrected chi connectivity index (χ2v) is 6.55. The van der Waals surface area contributed by atoms with Crippen molar-refractivity contribution in [3.63, 3.8) is 0 Å². The molecule has 3 aromatic rings. The Balaban J connectivity index is 1.92. The maximum absolute atomic E-state index is 12.4. The topological polar surface area (TPSA) is 44.9 Å². The molecule has 0 aliphatic heterocycles. The highest BCUT2D eigenvalue weighted by Crippen LogP contribution is 2.32. The molecule has 0 spiro atoms. The van der Waals surface area contributed by atoms with E-state index in [2.05, 4.69) is 42.2 Å². The Labute approximate surface area is 139 Å². The molecule has 21 heavy (non-hydrogen) atoms. The number of hydrogen-bond donors (Lipinski definition) is 2. The molecule has 2 aromatic carbocycles. The van der Waals surface area contributed by atoms with Crippen LogP contribution >= 0.6 is 31.9 Å². The van der Waals surface area contributed by atoms with Gasteiger partial charge in [0.2, 0.25) is 0 Å². The molecule has 0 bridgehead atoms. The van der Waals surface area contributed by atoms with Crippen molar-refractivity contribution in [2.75, 3.05) is 5.32 Å². The molecule has 0 radical (unpaired) electrons. The number of carbonyl (C=O) groups is 1. The number of carbonyl (C=O) groups excluding carboxylic acids is 1. The highest BCUT2D eigenvalue weighted by Gasteiger charge is 2.12. The van der Waals surface area contributed by atoms with Crippen LogP contribution in [0, 0.1) is 6.92 Å². The summed E-state index contributed by atoms with van der Waals surface area (Å²) in [5.74, 6) is -0.136. The van der Waals surface area contributed by atoms with Crippen LogP contribution in [0.4, 0.5) is 5.69 Å². The largest absolute Gasteiger partial charge is 0.361 e. The third-order valence-electron chi connectivity index (χ3n) is 3.24. The van der Waals surface area contributed by atoms with Crippen LogP contribution in [0.2, 0.25) is 0 Å². The maximum atomic E-state index is 12.4. The summed E-state index contributed by atoms with van der Waals surface area (Å²) in [7, 11) is 0. The zero-order valence-corrected chi connectivity index (χ0v) is 14.4. The predicted octanol–water partition coefficient (Wildman–Crippen LogP) is 5.25. The third kappa shape index (κ3) is 2.89. The van der Waals surface area contributed by atoms with Gasteiger partial charge < -0.3 is 10.3 Å². The molecule has 0 atom stereocenters. The molecule has 3 rings (SSSR count). The van der Waals surface area contributed by atoms with E-state index in [-0.39, 0.29) is 5.91 Å². The van der Waals surface area contributed by atoms with Crippen molar-refractivity contribution < 1.29 is 4.79 Å². The second-order valence-electron chi connectivity index (χ2n) is 4.84. The van der Waals surface area contributed by atoms with E-state index in [4.69, 9.17) is 0 Å². The third-order valence-corrected chi connectivity index (χ3v) is 4.49. The van der Waals surface area contributed by atoms with Gasteiger partial charge in [-0.1, -0.05) is 0 Å². The Bertz CT molecular complexity index is 816. The highest BCUT2D eigenvalue weighted by atomic mass is 79.9. The normalized spacial score (nSPS) is 10.8. The van der Waals surface area contributed by atoms with Crippen LogP contribution in [0.15, 0.2) is 51.5 Å². The molecule has 5 heteroatoms. The lowest BCUT2D eigenvalue weighted by atomic mass is 10.1. The van der Waals surface area contributed by atoms with Gasteiger partial charge in [0.05, 0.1) is 5.69 Å². The van der Waals surface area contributed by atoms with Gasteiger partial charge in [0.25, 0.3) is 5.91 Å². The van der Waals surface area contributed by atoms with Crippen LogP contribution in [0.3, 0.4) is 0 Å². The lowest BCUT2D eigenvalue weighted by Gasteiger charge is -2.11. The molecule has 106 valence electrons. The van der Waals surface area contributed by atoms with E-state index >= 15 is 0 Å². The molecule has 3 nitrogen and oxygen atoms in total. The minimum atomic E-state index is -0.136. The van der Waals surface area contributed by atoms with E-state index in [0.29, 0.717) is 5.56 Å². The quantitative estimate of drug-likeness (QED) is 0.598. The number of benzene rings is 2. The Kier molecular flexibility index (Phi) is 3.87. The smallest absolute Gasteiger partial charge is 0.255 e. The van der Waals surface area contributed by atoms with Crippen LogP contribution in [0.1, 0.15) is 15.9 Å². The minimum Gasteiger partial charge on any atom is -0.361 e. The van der Waals surface area contributed by atoms with E-state index < -0.39 is 0 Å². The SMILES string of the molecule is Cc1cc(Br)c(NC(=O)c2ccc3[nH]ccc3c2)c(Br)c1. The first kappa shape index (κ1) is 14.4. The summed E-state index contributed by atoms with van der Waals surface area (Å²) in [6, 6.07) is 11.5. The number of anilines is 1. The number of nitrogens with one attached hydrogen (secondary N) is 2. The second kappa shape index (κ2) is 5.66. The maximum Gasteiger partial charge on any atom is 0.255 e. The molecule has 0 aliphatic carbocycles. The summed E-state index contributed by atoms with van der Waals surface area (Å²) < 4.78 is 1.70. The average molecular weight is 408 g/mol. The standard InChI is InChI=1S/C16H12Br2N2O/c1-9-6-12(17)15(13(18)7-9)20-16(21)11-2-3-14-10(8-11)4-5-19-14/h2-8,19H,1H3,(H,20,21). The molecular formula is C16H12Br2N2O. The van der Waals surface area contributed by atoms with Crippen molar-refractivity contribution in [2.45, 2.75) is 6.92 Å². The lowest BCUT2D eigenvalue weighted by molar-refractivity contribution is 0.102. The van der Waals surface area contributed by atoms with Gasteiger partial charge in [0.1, 0.15) is 0 Å². The van der Waals surface area contributed by atoms with Gasteiger partial charge in [-0.2, -0.15) is 0 Å². The van der Waals surface area contributed by atoms with Gasteiger partial charge in [0, 0.05) is 31.6 Å². The van der Waals surface area contributed by atoms with Crippen molar-refractivity contribution in [1.82, 2.24) is 4.98 Å². The van der Waals surface area contributed by atoms with Crippen molar-refractivity contribution in [2.24, 2.45) is 0 Å². The van der Waals surface area contributed by atoms with Crippen molar-refractivity contribution in [3.8, 4) is 0 Å². The summed E-state index contributed by atoms with van der Waals surface area (Å²) in [5.41, 5.74) is 3.49. The van der Waals surface area contributed by atoms with Gasteiger partial charge in [-0.25, -0.2) is 0 Å². The van der Waals surface area contributed by atoms with Gasteiger partial charge in [-0.05, 0) is 80.7 Å². The first-order valence-corrected chi connectivity index (χ1v) is 7.97. The van der Waals surface area contributed by atoms with Crippen LogP contribution < -0.4 is 5.32 Å². The first-order chi connectivity index (χ1) is 10.0. The summed E-state index contributed by atoms with van der Waals surface area (Å²) >= 11 is 6.97. The van der Waals surface area contributed by atoms with E-state index in [9.17, 15) is 4.79 Å². The van der Waals surface area contributed by atoms with Crippen molar-refractivity contribution in [1.29, 1.82) is 0 Å². The Morgan fingerprint density at radius 2 is 1.81 bits per heavy atom. The number of H-pyrrole nitrogens is 1. The number of amides is 1. The Morgan fingerprint density at radius 3 is 2.52 bits per heavy atom. The predicted molar refractivity (Wildman–Crippen MR) is 92.8 cm³/mol. The fourth-order valence-corrected chi connectivity index (χ4v) is 3.81. The minimum absolute atomic E-state index is 0.136. The van der Waals surface area contributed by atoms with Gasteiger partial charge in [-0.15, -0.1) is 0 Å². The number of fused-ring (bicyclic) bond motifs is 1. The summed E-state index contributed by atoms with van der Waals surface area (Å²) in [5, 5.41) is 3.95. The molecule has 1 amide bonds. The number of aryl methyl sites for hydroxylation is 1. The molecule has 2 N–H and O–H groups in total. The van der Waals surface area contributed by atoms with Crippen molar-refractivity contribution in [3.05, 3.63) is 62.7 Å². The molecule has 0 fully saturated rings. The van der Waals surface area contributed by atoms with E-state index in [1.54, 1.807) is 0 Å².